The molecule has 2 unspecified atom stereocenters. The van der Waals surface area contributed by atoms with E-state index in [-0.39, 0.29) is 18.0 Å². The smallest absolute Gasteiger partial charge is 0.333 e. The largest absolute Gasteiger partial charge is 0.462 e. The molecule has 0 aromatic carbocycles. The molecule has 0 radical (unpaired) electrons. The lowest BCUT2D eigenvalue weighted by atomic mass is 9.82. The molecule has 0 fully saturated rings. The second-order valence-electron chi connectivity index (χ2n) is 6.92. The van der Waals surface area contributed by atoms with Crippen LogP contribution in [0.3, 0.4) is 0 Å². The van der Waals surface area contributed by atoms with Gasteiger partial charge in [0.1, 0.15) is 0 Å². The molecule has 0 saturated heterocycles. The highest BCUT2D eigenvalue weighted by Gasteiger charge is 2.29. The van der Waals surface area contributed by atoms with Gasteiger partial charge in [0.05, 0.1) is 13.2 Å². The van der Waals surface area contributed by atoms with Crippen molar-refractivity contribution < 1.29 is 14.6 Å². The summed E-state index contributed by atoms with van der Waals surface area (Å²) in [5, 5.41) is 9.72. The average molecular weight is 327 g/mol. The van der Waals surface area contributed by atoms with Crippen LogP contribution in [0.1, 0.15) is 85.5 Å². The molecule has 0 bridgehead atoms. The Kier molecular flexibility index (Phi) is 12.1. The van der Waals surface area contributed by atoms with E-state index in [0.717, 1.165) is 44.9 Å². The van der Waals surface area contributed by atoms with Crippen molar-refractivity contribution in [3.05, 3.63) is 12.2 Å². The number of esters is 1. The lowest BCUT2D eigenvalue weighted by Gasteiger charge is -2.30. The Balaban J connectivity index is 4.46. The van der Waals surface area contributed by atoms with Gasteiger partial charge in [0.25, 0.3) is 0 Å². The summed E-state index contributed by atoms with van der Waals surface area (Å²) in [6, 6.07) is 0. The second-order valence-corrected chi connectivity index (χ2v) is 6.92. The summed E-state index contributed by atoms with van der Waals surface area (Å²) in [5.41, 5.74) is 0.282. The Morgan fingerprint density at radius 3 is 2.30 bits per heavy atom. The third kappa shape index (κ3) is 8.55. The average Bonchev–Trinajstić information content (AvgIpc) is 2.58. The second kappa shape index (κ2) is 12.6. The van der Waals surface area contributed by atoms with Gasteiger partial charge in [0, 0.05) is 11.0 Å². The maximum atomic E-state index is 12.2. The zero-order valence-corrected chi connectivity index (χ0v) is 15.8. The Hall–Kier alpha value is -0.830. The summed E-state index contributed by atoms with van der Waals surface area (Å²) in [6.45, 7) is 12.8. The van der Waals surface area contributed by atoms with E-state index >= 15 is 0 Å². The maximum absolute atomic E-state index is 12.2. The van der Waals surface area contributed by atoms with Crippen LogP contribution in [-0.4, -0.2) is 24.3 Å². The zero-order chi connectivity index (χ0) is 17.7. The van der Waals surface area contributed by atoms with Crippen LogP contribution < -0.4 is 0 Å². The fourth-order valence-electron chi connectivity index (χ4n) is 2.84. The van der Waals surface area contributed by atoms with Crippen molar-refractivity contribution in [1.29, 1.82) is 0 Å². The fraction of sp³-hybridized carbons (Fsp3) is 0.850. The molecule has 0 amide bonds. The molecule has 3 nitrogen and oxygen atoms in total. The molecule has 0 saturated carbocycles. The minimum absolute atomic E-state index is 0.0668. The van der Waals surface area contributed by atoms with Gasteiger partial charge in [-0.15, -0.1) is 0 Å². The van der Waals surface area contributed by atoms with E-state index in [1.54, 1.807) is 0 Å². The first-order valence-corrected chi connectivity index (χ1v) is 9.44. The van der Waals surface area contributed by atoms with Crippen molar-refractivity contribution in [2.45, 2.75) is 85.5 Å². The van der Waals surface area contributed by atoms with Gasteiger partial charge in [0.15, 0.2) is 0 Å². The predicted molar refractivity (Wildman–Crippen MR) is 97.4 cm³/mol. The molecule has 136 valence electrons. The van der Waals surface area contributed by atoms with Gasteiger partial charge >= 0.3 is 5.97 Å². The number of hydrogen-bond acceptors (Lipinski definition) is 3. The molecule has 0 aliphatic rings. The number of hydrogen-bond donors (Lipinski definition) is 1. The molecule has 1 N–H and O–H groups in total. The number of aliphatic hydroxyl groups is 1. The quantitative estimate of drug-likeness (QED) is 0.349. The van der Waals surface area contributed by atoms with E-state index in [0.29, 0.717) is 18.1 Å². The van der Waals surface area contributed by atoms with Crippen LogP contribution in [-0.2, 0) is 9.53 Å². The number of aliphatic hydroxyl groups excluding tert-OH is 1. The molecule has 0 aliphatic heterocycles. The van der Waals surface area contributed by atoms with E-state index in [2.05, 4.69) is 27.4 Å². The van der Waals surface area contributed by atoms with Gasteiger partial charge < -0.3 is 9.84 Å². The van der Waals surface area contributed by atoms with Crippen LogP contribution >= 0.6 is 0 Å². The summed E-state index contributed by atoms with van der Waals surface area (Å²) in [7, 11) is 0. The third-order valence-corrected chi connectivity index (χ3v) is 5.02. The maximum Gasteiger partial charge on any atom is 0.333 e. The van der Waals surface area contributed by atoms with Crippen LogP contribution in [0.15, 0.2) is 12.2 Å². The molecule has 0 heterocycles. The molecule has 0 aliphatic carbocycles. The number of ether oxygens (including phenoxy) is 1. The topological polar surface area (TPSA) is 46.5 Å². The van der Waals surface area contributed by atoms with Gasteiger partial charge in [-0.1, -0.05) is 72.8 Å². The highest BCUT2D eigenvalue weighted by atomic mass is 16.5. The summed E-state index contributed by atoms with van der Waals surface area (Å²) >= 11 is 0. The van der Waals surface area contributed by atoms with Gasteiger partial charge in [-0.05, 0) is 25.2 Å². The fourth-order valence-corrected chi connectivity index (χ4v) is 2.84. The Morgan fingerprint density at radius 2 is 1.83 bits per heavy atom. The van der Waals surface area contributed by atoms with Gasteiger partial charge in [-0.3, -0.25) is 0 Å². The van der Waals surface area contributed by atoms with Crippen LogP contribution in [0.2, 0.25) is 0 Å². The summed E-state index contributed by atoms with van der Waals surface area (Å²) in [4.78, 5) is 12.2. The minimum Gasteiger partial charge on any atom is -0.462 e. The van der Waals surface area contributed by atoms with E-state index in [9.17, 15) is 9.90 Å². The van der Waals surface area contributed by atoms with Crippen molar-refractivity contribution in [2.75, 3.05) is 13.2 Å². The van der Waals surface area contributed by atoms with Gasteiger partial charge in [-0.2, -0.15) is 0 Å². The molecule has 0 spiro atoms. The van der Waals surface area contributed by atoms with E-state index < -0.39 is 0 Å². The first kappa shape index (κ1) is 22.2. The highest BCUT2D eigenvalue weighted by Crippen LogP contribution is 2.29. The van der Waals surface area contributed by atoms with Crippen molar-refractivity contribution >= 4 is 5.97 Å². The van der Waals surface area contributed by atoms with Crippen molar-refractivity contribution in [1.82, 2.24) is 0 Å². The summed E-state index contributed by atoms with van der Waals surface area (Å²) in [5.74, 6) is 0.228. The molecule has 2 atom stereocenters. The molecule has 0 rings (SSSR count). The normalized spacial score (nSPS) is 15.0. The zero-order valence-electron chi connectivity index (χ0n) is 15.8. The molecule has 0 aromatic heterocycles. The van der Waals surface area contributed by atoms with E-state index in [1.807, 2.05) is 6.92 Å². The number of carbonyl (C=O) groups excluding carboxylic acids is 1. The van der Waals surface area contributed by atoms with Crippen LogP contribution in [0, 0.1) is 11.3 Å². The SMILES string of the molecule is C=C(CC(CC)CCCC)C(=O)OCC(CC)(CO)CCCC. The van der Waals surface area contributed by atoms with Gasteiger partial charge in [0.2, 0.25) is 0 Å². The lowest BCUT2D eigenvalue weighted by molar-refractivity contribution is -0.144. The first-order chi connectivity index (χ1) is 11.0. The standard InChI is InChI=1S/C20H38O3/c1-6-10-12-18(8-3)14-17(5)19(22)23-16-20(9-4,15-21)13-11-7-2/h18,21H,5-16H2,1-4H3. The monoisotopic (exact) mass is 326 g/mol. The van der Waals surface area contributed by atoms with E-state index in [1.165, 1.54) is 12.8 Å². The van der Waals surface area contributed by atoms with Crippen LogP contribution in [0.4, 0.5) is 0 Å². The number of rotatable bonds is 14. The molecular weight excluding hydrogens is 288 g/mol. The lowest BCUT2D eigenvalue weighted by Crippen LogP contribution is -2.32. The van der Waals surface area contributed by atoms with Crippen molar-refractivity contribution in [3.8, 4) is 0 Å². The third-order valence-electron chi connectivity index (χ3n) is 5.02. The highest BCUT2D eigenvalue weighted by molar-refractivity contribution is 5.87. The molecule has 23 heavy (non-hydrogen) atoms. The predicted octanol–water partition coefficient (Wildman–Crippen LogP) is 5.27. The molecule has 0 aromatic rings. The van der Waals surface area contributed by atoms with E-state index in [4.69, 9.17) is 4.74 Å². The number of carbonyl (C=O) groups is 1. The Morgan fingerprint density at radius 1 is 1.17 bits per heavy atom. The van der Waals surface area contributed by atoms with Gasteiger partial charge in [-0.25, -0.2) is 4.79 Å². The number of unbranched alkanes of at least 4 members (excludes halogenated alkanes) is 2. The Labute approximate surface area is 143 Å². The summed E-state index contributed by atoms with van der Waals surface area (Å²) < 4.78 is 5.50. The van der Waals surface area contributed by atoms with Crippen molar-refractivity contribution in [3.63, 3.8) is 0 Å². The molecule has 3 heteroatoms. The van der Waals surface area contributed by atoms with Crippen LogP contribution in [0.5, 0.6) is 0 Å². The molecular formula is C20H38O3. The first-order valence-electron chi connectivity index (χ1n) is 9.44. The Bertz CT molecular complexity index is 332. The minimum atomic E-state index is -0.293. The summed E-state index contributed by atoms with van der Waals surface area (Å²) in [6.07, 6.45) is 9.15. The van der Waals surface area contributed by atoms with Crippen molar-refractivity contribution in [2.24, 2.45) is 11.3 Å². The van der Waals surface area contributed by atoms with Crippen LogP contribution in [0.25, 0.3) is 0 Å².